The first-order valence-electron chi connectivity index (χ1n) is 10.3. The van der Waals surface area contributed by atoms with Crippen molar-refractivity contribution in [2.24, 2.45) is 0 Å². The van der Waals surface area contributed by atoms with Crippen LogP contribution in [0.15, 0.2) is 36.4 Å². The zero-order valence-electron chi connectivity index (χ0n) is 19.3. The maximum Gasteiger partial charge on any atom is 0.338 e. The predicted octanol–water partition coefficient (Wildman–Crippen LogP) is 5.46. The average Bonchev–Trinajstić information content (AvgIpc) is 3.17. The van der Waals surface area contributed by atoms with Crippen LogP contribution in [-0.2, 0) is 0 Å². The van der Waals surface area contributed by atoms with Gasteiger partial charge in [-0.1, -0.05) is 11.6 Å². The lowest BCUT2D eigenvalue weighted by Gasteiger charge is -2.17. The molecule has 0 unspecified atom stereocenters. The van der Waals surface area contributed by atoms with E-state index in [4.69, 9.17) is 31.5 Å². The molecule has 0 aliphatic heterocycles. The Hall–Kier alpha value is -3.82. The van der Waals surface area contributed by atoms with Gasteiger partial charge in [-0.05, 0) is 48.9 Å². The average molecular weight is 513 g/mol. The van der Waals surface area contributed by atoms with Gasteiger partial charge in [0, 0.05) is 21.5 Å². The molecule has 2 heterocycles. The molecule has 4 rings (SSSR count). The number of halogens is 1. The summed E-state index contributed by atoms with van der Waals surface area (Å²) < 4.78 is 16.3. The first-order chi connectivity index (χ1) is 16.7. The van der Waals surface area contributed by atoms with E-state index in [9.17, 15) is 14.7 Å². The van der Waals surface area contributed by atoms with Crippen molar-refractivity contribution >= 4 is 50.6 Å². The number of aromatic carboxylic acids is 1. The van der Waals surface area contributed by atoms with Crippen molar-refractivity contribution in [2.75, 3.05) is 27.1 Å². The zero-order valence-corrected chi connectivity index (χ0v) is 20.8. The minimum Gasteiger partial charge on any atom is -0.493 e. The number of carboxylic acid groups (broad SMARTS) is 1. The molecule has 3 N–H and O–H groups in total. The standard InChI is InChI=1S/C25H21ClN2O6S/c1-11-17(25(30)31)18(13-9-15(32-2)22(34-4)16(10-13)33-3)19-20(27)23(35-24(19)28-11)21(29)12-5-7-14(26)8-6-12/h5-10H,27H2,1-4H3,(H,30,31). The number of anilines is 1. The highest BCUT2D eigenvalue weighted by molar-refractivity contribution is 7.21. The number of nitrogen functional groups attached to an aromatic ring is 1. The lowest BCUT2D eigenvalue weighted by atomic mass is 9.94. The van der Waals surface area contributed by atoms with Gasteiger partial charge in [0.2, 0.25) is 11.5 Å². The van der Waals surface area contributed by atoms with Crippen LogP contribution in [-0.4, -0.2) is 43.2 Å². The smallest absolute Gasteiger partial charge is 0.338 e. The summed E-state index contributed by atoms with van der Waals surface area (Å²) in [5.41, 5.74) is 8.05. The number of nitrogens with zero attached hydrogens (tertiary/aromatic N) is 1. The minimum atomic E-state index is -1.18. The van der Waals surface area contributed by atoms with E-state index >= 15 is 0 Å². The predicted molar refractivity (Wildman–Crippen MR) is 136 cm³/mol. The van der Waals surface area contributed by atoms with Crippen LogP contribution < -0.4 is 19.9 Å². The Labute approximate surface area is 209 Å². The molecule has 4 aromatic rings. The fraction of sp³-hybridized carbons (Fsp3) is 0.160. The minimum absolute atomic E-state index is 0.0400. The quantitative estimate of drug-likeness (QED) is 0.313. The second-order valence-electron chi connectivity index (χ2n) is 7.53. The molecular weight excluding hydrogens is 492 g/mol. The molecule has 2 aromatic heterocycles. The van der Waals surface area contributed by atoms with Gasteiger partial charge in [-0.2, -0.15) is 0 Å². The van der Waals surface area contributed by atoms with Crippen molar-refractivity contribution in [1.82, 2.24) is 4.98 Å². The van der Waals surface area contributed by atoms with Crippen LogP contribution in [0.1, 0.15) is 31.3 Å². The van der Waals surface area contributed by atoms with Crippen molar-refractivity contribution in [3.8, 4) is 28.4 Å². The van der Waals surface area contributed by atoms with Crippen LogP contribution in [0.4, 0.5) is 5.69 Å². The highest BCUT2D eigenvalue weighted by Gasteiger charge is 2.28. The molecule has 180 valence electrons. The summed E-state index contributed by atoms with van der Waals surface area (Å²) in [6.07, 6.45) is 0. The van der Waals surface area contributed by atoms with Gasteiger partial charge in [0.15, 0.2) is 11.5 Å². The van der Waals surface area contributed by atoms with E-state index in [0.717, 1.165) is 11.3 Å². The third kappa shape index (κ3) is 4.13. The Bertz CT molecular complexity index is 1460. The molecule has 0 amide bonds. The number of methoxy groups -OCH3 is 3. The molecule has 10 heteroatoms. The SMILES string of the molecule is COc1cc(-c2c(C(=O)O)c(C)nc3sc(C(=O)c4ccc(Cl)cc4)c(N)c23)cc(OC)c1OC. The van der Waals surface area contributed by atoms with Crippen LogP contribution in [0.25, 0.3) is 21.3 Å². The van der Waals surface area contributed by atoms with E-state index in [1.807, 2.05) is 0 Å². The largest absolute Gasteiger partial charge is 0.493 e. The van der Waals surface area contributed by atoms with Crippen molar-refractivity contribution < 1.29 is 28.9 Å². The van der Waals surface area contributed by atoms with Crippen molar-refractivity contribution in [3.63, 3.8) is 0 Å². The molecule has 0 aliphatic carbocycles. The normalized spacial score (nSPS) is 10.9. The molecule has 0 fully saturated rings. The maximum atomic E-state index is 13.3. The summed E-state index contributed by atoms with van der Waals surface area (Å²) in [6, 6.07) is 9.72. The molecule has 0 bridgehead atoms. The lowest BCUT2D eigenvalue weighted by Crippen LogP contribution is -2.07. The Kier molecular flexibility index (Phi) is 6.56. The van der Waals surface area contributed by atoms with Gasteiger partial charge in [0.05, 0.1) is 38.3 Å². The van der Waals surface area contributed by atoms with Crippen LogP contribution in [0.2, 0.25) is 5.02 Å². The molecule has 0 saturated carbocycles. The number of carbonyl (C=O) groups excluding carboxylic acids is 1. The summed E-state index contributed by atoms with van der Waals surface area (Å²) in [4.78, 5) is 30.8. The van der Waals surface area contributed by atoms with E-state index in [0.29, 0.717) is 49.2 Å². The number of carboxylic acids is 1. The van der Waals surface area contributed by atoms with Gasteiger partial charge < -0.3 is 25.1 Å². The van der Waals surface area contributed by atoms with Crippen molar-refractivity contribution in [3.05, 3.63) is 63.1 Å². The fourth-order valence-electron chi connectivity index (χ4n) is 3.94. The Morgan fingerprint density at radius 1 is 1.03 bits per heavy atom. The van der Waals surface area contributed by atoms with Gasteiger partial charge in [-0.3, -0.25) is 4.79 Å². The summed E-state index contributed by atoms with van der Waals surface area (Å²) in [5, 5.41) is 11.0. The van der Waals surface area contributed by atoms with Gasteiger partial charge in [-0.15, -0.1) is 11.3 Å². The summed E-state index contributed by atoms with van der Waals surface area (Å²) in [7, 11) is 4.41. The lowest BCUT2D eigenvalue weighted by molar-refractivity contribution is 0.0696. The Morgan fingerprint density at radius 3 is 2.14 bits per heavy atom. The first kappa shape index (κ1) is 24.3. The van der Waals surface area contributed by atoms with E-state index in [-0.39, 0.29) is 27.6 Å². The Morgan fingerprint density at radius 2 is 1.63 bits per heavy atom. The Balaban J connectivity index is 2.07. The number of aromatic nitrogens is 1. The van der Waals surface area contributed by atoms with Crippen LogP contribution >= 0.6 is 22.9 Å². The van der Waals surface area contributed by atoms with E-state index in [1.165, 1.54) is 21.3 Å². The molecule has 0 saturated heterocycles. The van der Waals surface area contributed by atoms with Crippen molar-refractivity contribution in [1.29, 1.82) is 0 Å². The number of fused-ring (bicyclic) bond motifs is 1. The molecule has 35 heavy (non-hydrogen) atoms. The molecule has 8 nitrogen and oxygen atoms in total. The second-order valence-corrected chi connectivity index (χ2v) is 8.96. The molecule has 0 spiro atoms. The molecule has 0 radical (unpaired) electrons. The topological polar surface area (TPSA) is 121 Å². The number of benzene rings is 2. The fourth-order valence-corrected chi connectivity index (χ4v) is 5.18. The monoisotopic (exact) mass is 512 g/mol. The number of thiophene rings is 1. The number of ether oxygens (including phenoxy) is 3. The van der Waals surface area contributed by atoms with Crippen LogP contribution in [0.3, 0.4) is 0 Å². The van der Waals surface area contributed by atoms with Gasteiger partial charge in [0.25, 0.3) is 0 Å². The number of hydrogen-bond donors (Lipinski definition) is 2. The van der Waals surface area contributed by atoms with Crippen LogP contribution in [0, 0.1) is 6.92 Å². The summed E-state index contributed by atoms with van der Waals surface area (Å²) in [6.45, 7) is 1.60. The molecule has 0 aliphatic rings. The van der Waals surface area contributed by atoms with Gasteiger partial charge in [0.1, 0.15) is 9.71 Å². The molecular formula is C25H21ClN2O6S. The summed E-state index contributed by atoms with van der Waals surface area (Å²) >= 11 is 7.06. The van der Waals surface area contributed by atoms with Gasteiger partial charge in [-0.25, -0.2) is 9.78 Å². The second kappa shape index (κ2) is 9.44. The highest BCUT2D eigenvalue weighted by atomic mass is 35.5. The first-order valence-corrected chi connectivity index (χ1v) is 11.5. The highest BCUT2D eigenvalue weighted by Crippen LogP contribution is 2.47. The van der Waals surface area contributed by atoms with E-state index in [1.54, 1.807) is 43.3 Å². The van der Waals surface area contributed by atoms with Gasteiger partial charge >= 0.3 is 5.97 Å². The van der Waals surface area contributed by atoms with E-state index in [2.05, 4.69) is 4.98 Å². The van der Waals surface area contributed by atoms with Crippen LogP contribution in [0.5, 0.6) is 17.2 Å². The van der Waals surface area contributed by atoms with E-state index < -0.39 is 5.97 Å². The molecule has 2 aromatic carbocycles. The molecule has 0 atom stereocenters. The number of hydrogen-bond acceptors (Lipinski definition) is 8. The number of carbonyl (C=O) groups is 2. The third-order valence-corrected chi connectivity index (χ3v) is 6.89. The summed E-state index contributed by atoms with van der Waals surface area (Å²) in [5.74, 6) is -0.460. The third-order valence-electron chi connectivity index (χ3n) is 5.54. The zero-order chi connectivity index (χ0) is 25.4. The number of pyridine rings is 1. The van der Waals surface area contributed by atoms with Crippen molar-refractivity contribution in [2.45, 2.75) is 6.92 Å². The number of rotatable bonds is 7. The maximum absolute atomic E-state index is 13.3. The number of ketones is 1. The number of nitrogens with two attached hydrogens (primary N) is 1. The number of aryl methyl sites for hydroxylation is 1.